The summed E-state index contributed by atoms with van der Waals surface area (Å²) in [7, 11) is 0. The van der Waals surface area contributed by atoms with E-state index in [1.54, 1.807) is 30.6 Å². The van der Waals surface area contributed by atoms with Crippen LogP contribution in [-0.4, -0.2) is 25.0 Å². The van der Waals surface area contributed by atoms with Gasteiger partial charge in [0.2, 0.25) is 0 Å². The van der Waals surface area contributed by atoms with Crippen molar-refractivity contribution in [3.63, 3.8) is 0 Å². The Labute approximate surface area is 167 Å². The molecule has 0 fully saturated rings. The first-order chi connectivity index (χ1) is 13.9. The van der Waals surface area contributed by atoms with Crippen LogP contribution < -0.4 is 5.32 Å². The Morgan fingerprint density at radius 2 is 1.90 bits per heavy atom. The minimum absolute atomic E-state index is 0.242. The van der Waals surface area contributed by atoms with Crippen LogP contribution in [0.2, 0.25) is 0 Å². The van der Waals surface area contributed by atoms with Gasteiger partial charge in [0.05, 0.1) is 17.4 Å². The Bertz CT molecular complexity index is 1190. The van der Waals surface area contributed by atoms with Crippen LogP contribution in [0.15, 0.2) is 61.1 Å². The number of carbonyl (C=O) groups excluding carboxylic acids is 1. The number of carbonyl (C=O) groups is 1. The number of hydrogen-bond donors (Lipinski definition) is 1. The van der Waals surface area contributed by atoms with E-state index in [0.717, 1.165) is 23.0 Å². The zero-order chi connectivity index (χ0) is 20.5. The SMILES string of the molecule is Cc1nccn1-c1ccc(NC(=O)c2cc(C)n(-c3cccc(F)c3)c2C)cn1. The third-order valence-electron chi connectivity index (χ3n) is 4.82. The monoisotopic (exact) mass is 389 g/mol. The van der Waals surface area contributed by atoms with Crippen LogP contribution in [0.5, 0.6) is 0 Å². The van der Waals surface area contributed by atoms with E-state index in [9.17, 15) is 9.18 Å². The summed E-state index contributed by atoms with van der Waals surface area (Å²) in [5.41, 5.74) is 3.39. The van der Waals surface area contributed by atoms with Crippen LogP contribution in [0.1, 0.15) is 27.6 Å². The van der Waals surface area contributed by atoms with E-state index in [-0.39, 0.29) is 11.7 Å². The molecule has 0 atom stereocenters. The van der Waals surface area contributed by atoms with Gasteiger partial charge in [-0.1, -0.05) is 6.07 Å². The van der Waals surface area contributed by atoms with Gasteiger partial charge in [-0.25, -0.2) is 14.4 Å². The first-order valence-corrected chi connectivity index (χ1v) is 9.16. The fraction of sp³-hybridized carbons (Fsp3) is 0.136. The largest absolute Gasteiger partial charge is 0.321 e. The molecule has 4 aromatic rings. The number of hydrogen-bond acceptors (Lipinski definition) is 3. The number of imidazole rings is 1. The lowest BCUT2D eigenvalue weighted by atomic mass is 10.2. The smallest absolute Gasteiger partial charge is 0.257 e. The highest BCUT2D eigenvalue weighted by Gasteiger charge is 2.17. The molecule has 1 amide bonds. The van der Waals surface area contributed by atoms with Crippen LogP contribution in [0.25, 0.3) is 11.5 Å². The summed E-state index contributed by atoms with van der Waals surface area (Å²) in [6, 6.07) is 11.7. The highest BCUT2D eigenvalue weighted by Crippen LogP contribution is 2.22. The quantitative estimate of drug-likeness (QED) is 0.564. The molecule has 0 saturated heterocycles. The van der Waals surface area contributed by atoms with Gasteiger partial charge in [0.1, 0.15) is 17.5 Å². The summed E-state index contributed by atoms with van der Waals surface area (Å²) < 4.78 is 17.3. The molecule has 3 heterocycles. The summed E-state index contributed by atoms with van der Waals surface area (Å²) in [5, 5.41) is 2.88. The molecule has 4 rings (SSSR count). The normalized spacial score (nSPS) is 10.9. The maximum atomic E-state index is 13.6. The molecule has 0 aliphatic heterocycles. The predicted octanol–water partition coefficient (Wildman–Crippen LogP) is 4.37. The number of pyridine rings is 1. The van der Waals surface area contributed by atoms with Crippen LogP contribution in [0.4, 0.5) is 10.1 Å². The molecular weight excluding hydrogens is 369 g/mol. The van der Waals surface area contributed by atoms with Crippen molar-refractivity contribution in [3.05, 3.63) is 89.6 Å². The van der Waals surface area contributed by atoms with Crippen molar-refractivity contribution in [1.82, 2.24) is 19.1 Å². The van der Waals surface area contributed by atoms with Crippen molar-refractivity contribution in [2.75, 3.05) is 5.32 Å². The third-order valence-corrected chi connectivity index (χ3v) is 4.82. The molecule has 1 aromatic carbocycles. The van der Waals surface area contributed by atoms with Crippen molar-refractivity contribution in [2.45, 2.75) is 20.8 Å². The van der Waals surface area contributed by atoms with E-state index in [0.29, 0.717) is 16.9 Å². The molecule has 3 aromatic heterocycles. The Hall–Kier alpha value is -3.74. The van der Waals surface area contributed by atoms with Gasteiger partial charge in [0, 0.05) is 29.5 Å². The van der Waals surface area contributed by atoms with Gasteiger partial charge >= 0.3 is 0 Å². The van der Waals surface area contributed by atoms with Crippen molar-refractivity contribution in [2.24, 2.45) is 0 Å². The van der Waals surface area contributed by atoms with Gasteiger partial charge in [-0.2, -0.15) is 0 Å². The second-order valence-corrected chi connectivity index (χ2v) is 6.80. The molecule has 146 valence electrons. The van der Waals surface area contributed by atoms with Crippen LogP contribution in [0, 0.1) is 26.6 Å². The molecule has 0 aliphatic carbocycles. The third kappa shape index (κ3) is 3.54. The number of nitrogens with zero attached hydrogens (tertiary/aromatic N) is 4. The topological polar surface area (TPSA) is 64.7 Å². The summed E-state index contributed by atoms with van der Waals surface area (Å²) >= 11 is 0. The molecule has 0 bridgehead atoms. The lowest BCUT2D eigenvalue weighted by Gasteiger charge is -2.10. The summed E-state index contributed by atoms with van der Waals surface area (Å²) in [5.74, 6) is 0.996. The minimum Gasteiger partial charge on any atom is -0.321 e. The van der Waals surface area contributed by atoms with E-state index < -0.39 is 0 Å². The zero-order valence-corrected chi connectivity index (χ0v) is 16.3. The molecule has 0 spiro atoms. The lowest BCUT2D eigenvalue weighted by molar-refractivity contribution is 0.102. The molecule has 0 unspecified atom stereocenters. The van der Waals surface area contributed by atoms with Gasteiger partial charge in [0.25, 0.3) is 5.91 Å². The zero-order valence-electron chi connectivity index (χ0n) is 16.3. The second kappa shape index (κ2) is 7.35. The standard InChI is InChI=1S/C22H20FN5O/c1-14-11-20(15(2)28(14)19-6-4-5-17(23)12-19)22(29)26-18-7-8-21(25-13-18)27-10-9-24-16(27)3/h4-13H,1-3H3,(H,26,29). The number of anilines is 1. The number of rotatable bonds is 4. The molecule has 29 heavy (non-hydrogen) atoms. The number of benzene rings is 1. The van der Waals surface area contributed by atoms with Gasteiger partial charge < -0.3 is 9.88 Å². The maximum absolute atomic E-state index is 13.6. The van der Waals surface area contributed by atoms with Crippen LogP contribution in [-0.2, 0) is 0 Å². The predicted molar refractivity (Wildman–Crippen MR) is 109 cm³/mol. The maximum Gasteiger partial charge on any atom is 0.257 e. The van der Waals surface area contributed by atoms with E-state index in [2.05, 4.69) is 15.3 Å². The molecule has 7 heteroatoms. The number of amides is 1. The number of halogens is 1. The second-order valence-electron chi connectivity index (χ2n) is 6.80. The average Bonchev–Trinajstić information content (AvgIpc) is 3.25. The first kappa shape index (κ1) is 18.6. The van der Waals surface area contributed by atoms with E-state index in [1.165, 1.54) is 12.1 Å². The summed E-state index contributed by atoms with van der Waals surface area (Å²) in [6.07, 6.45) is 5.15. The fourth-order valence-electron chi connectivity index (χ4n) is 3.43. The Morgan fingerprint density at radius 1 is 1.07 bits per heavy atom. The van der Waals surface area contributed by atoms with Gasteiger partial charge in [0.15, 0.2) is 0 Å². The van der Waals surface area contributed by atoms with Crippen molar-refractivity contribution in [3.8, 4) is 11.5 Å². The highest BCUT2D eigenvalue weighted by molar-refractivity contribution is 6.05. The van der Waals surface area contributed by atoms with Crippen molar-refractivity contribution < 1.29 is 9.18 Å². The van der Waals surface area contributed by atoms with Crippen LogP contribution >= 0.6 is 0 Å². The molecule has 0 saturated carbocycles. The minimum atomic E-state index is -0.319. The van der Waals surface area contributed by atoms with Crippen molar-refractivity contribution in [1.29, 1.82) is 0 Å². The van der Waals surface area contributed by atoms with E-state index in [4.69, 9.17) is 0 Å². The Morgan fingerprint density at radius 3 is 2.55 bits per heavy atom. The van der Waals surface area contributed by atoms with Crippen LogP contribution in [0.3, 0.4) is 0 Å². The fourth-order valence-corrected chi connectivity index (χ4v) is 3.43. The Kier molecular flexibility index (Phi) is 4.72. The molecule has 0 aliphatic rings. The Balaban J connectivity index is 1.58. The number of aryl methyl sites for hydroxylation is 2. The first-order valence-electron chi connectivity index (χ1n) is 9.16. The lowest BCUT2D eigenvalue weighted by Crippen LogP contribution is -2.13. The molecule has 6 nitrogen and oxygen atoms in total. The van der Waals surface area contributed by atoms with Gasteiger partial charge in [-0.3, -0.25) is 9.36 Å². The summed E-state index contributed by atoms with van der Waals surface area (Å²) in [4.78, 5) is 21.4. The van der Waals surface area contributed by atoms with E-state index in [1.807, 2.05) is 48.2 Å². The van der Waals surface area contributed by atoms with Crippen molar-refractivity contribution >= 4 is 11.6 Å². The number of nitrogens with one attached hydrogen (secondary N) is 1. The molecule has 1 N–H and O–H groups in total. The summed E-state index contributed by atoms with van der Waals surface area (Å²) in [6.45, 7) is 5.63. The number of aromatic nitrogens is 4. The van der Waals surface area contributed by atoms with Gasteiger partial charge in [-0.15, -0.1) is 0 Å². The molecular formula is C22H20FN5O. The molecule has 0 radical (unpaired) electrons. The highest BCUT2D eigenvalue weighted by atomic mass is 19.1. The average molecular weight is 389 g/mol. The van der Waals surface area contributed by atoms with E-state index >= 15 is 0 Å². The van der Waals surface area contributed by atoms with Gasteiger partial charge in [-0.05, 0) is 57.2 Å².